The van der Waals surface area contributed by atoms with E-state index in [0.29, 0.717) is 6.54 Å². The van der Waals surface area contributed by atoms with Crippen molar-refractivity contribution in [3.63, 3.8) is 0 Å². The van der Waals surface area contributed by atoms with Gasteiger partial charge in [0.15, 0.2) is 0 Å². The number of amidine groups is 1. The van der Waals surface area contributed by atoms with Gasteiger partial charge in [-0.25, -0.2) is 0 Å². The monoisotopic (exact) mass is 222 g/mol. The molecule has 5 heteroatoms. The van der Waals surface area contributed by atoms with E-state index in [0.717, 1.165) is 0 Å². The lowest BCUT2D eigenvalue weighted by Crippen LogP contribution is -2.32. The largest absolute Gasteiger partial charge is 0.409 e. The topological polar surface area (TPSA) is 83.5 Å². The number of hydrogen-bond acceptors (Lipinski definition) is 4. The van der Waals surface area contributed by atoms with E-state index in [1.54, 1.807) is 12.4 Å². The minimum atomic E-state index is 0.00860. The molecule has 1 aromatic heterocycles. The molecule has 88 valence electrons. The Balaban J connectivity index is 2.45. The van der Waals surface area contributed by atoms with Gasteiger partial charge in [0.1, 0.15) is 5.84 Å². The lowest BCUT2D eigenvalue weighted by Gasteiger charge is -2.17. The molecular formula is C11H18N4O. The molecule has 0 aromatic carbocycles. The molecule has 5 nitrogen and oxygen atoms in total. The number of nitrogens with two attached hydrogens (primary N) is 1. The highest BCUT2D eigenvalue weighted by Gasteiger charge is 2.10. The van der Waals surface area contributed by atoms with Crippen molar-refractivity contribution in [1.82, 2.24) is 10.3 Å². The summed E-state index contributed by atoms with van der Waals surface area (Å²) in [6.07, 6.45) is 3.53. The first-order chi connectivity index (χ1) is 7.65. The number of nitrogens with one attached hydrogen (secondary N) is 1. The van der Waals surface area contributed by atoms with Crippen molar-refractivity contribution >= 4 is 5.84 Å². The molecule has 2 unspecified atom stereocenters. The average Bonchev–Trinajstić information content (AvgIpc) is 2.35. The Bertz CT molecular complexity index is 339. The highest BCUT2D eigenvalue weighted by molar-refractivity contribution is 5.82. The van der Waals surface area contributed by atoms with Crippen LogP contribution in [-0.4, -0.2) is 22.6 Å². The quantitative estimate of drug-likeness (QED) is 0.301. The zero-order chi connectivity index (χ0) is 12.0. The zero-order valence-corrected chi connectivity index (χ0v) is 9.59. The summed E-state index contributed by atoms with van der Waals surface area (Å²) >= 11 is 0. The zero-order valence-electron chi connectivity index (χ0n) is 9.59. The number of pyridine rings is 1. The van der Waals surface area contributed by atoms with Gasteiger partial charge in [-0.3, -0.25) is 4.98 Å². The summed E-state index contributed by atoms with van der Waals surface area (Å²) in [6, 6.07) is 4.15. The Morgan fingerprint density at radius 3 is 2.69 bits per heavy atom. The third-order valence-electron chi connectivity index (χ3n) is 2.56. The molecule has 0 amide bonds. The van der Waals surface area contributed by atoms with Crippen molar-refractivity contribution in [3.8, 4) is 0 Å². The van der Waals surface area contributed by atoms with E-state index >= 15 is 0 Å². The van der Waals surface area contributed by atoms with E-state index in [1.165, 1.54) is 5.56 Å². The summed E-state index contributed by atoms with van der Waals surface area (Å²) in [4.78, 5) is 3.96. The summed E-state index contributed by atoms with van der Waals surface area (Å²) in [5, 5.41) is 14.8. The molecule has 0 saturated heterocycles. The van der Waals surface area contributed by atoms with E-state index in [9.17, 15) is 0 Å². The first kappa shape index (κ1) is 12.4. The Hall–Kier alpha value is -1.62. The van der Waals surface area contributed by atoms with Gasteiger partial charge in [-0.05, 0) is 24.6 Å². The smallest absolute Gasteiger partial charge is 0.143 e. The first-order valence-corrected chi connectivity index (χ1v) is 5.26. The molecule has 0 aliphatic rings. The fourth-order valence-electron chi connectivity index (χ4n) is 1.33. The van der Waals surface area contributed by atoms with Crippen molar-refractivity contribution in [2.45, 2.75) is 19.9 Å². The highest BCUT2D eigenvalue weighted by Crippen LogP contribution is 2.10. The molecule has 0 spiro atoms. The minimum absolute atomic E-state index is 0.00860. The Morgan fingerprint density at radius 2 is 2.12 bits per heavy atom. The normalized spacial score (nSPS) is 15.8. The second kappa shape index (κ2) is 6.07. The maximum absolute atomic E-state index is 8.51. The molecule has 0 aliphatic heterocycles. The van der Waals surface area contributed by atoms with Crippen LogP contribution in [0.15, 0.2) is 29.7 Å². The number of rotatable bonds is 5. The van der Waals surface area contributed by atoms with Crippen LogP contribution < -0.4 is 11.1 Å². The molecular weight excluding hydrogens is 204 g/mol. The molecule has 4 N–H and O–H groups in total. The van der Waals surface area contributed by atoms with Crippen LogP contribution in [0, 0.1) is 5.92 Å². The average molecular weight is 222 g/mol. The number of aromatic nitrogens is 1. The summed E-state index contributed by atoms with van der Waals surface area (Å²) in [5.41, 5.74) is 6.66. The predicted molar refractivity (Wildman–Crippen MR) is 63.2 cm³/mol. The van der Waals surface area contributed by atoms with Crippen LogP contribution >= 0.6 is 0 Å². The summed E-state index contributed by atoms with van der Waals surface area (Å²) in [5.74, 6) is 0.253. The van der Waals surface area contributed by atoms with E-state index in [-0.39, 0.29) is 17.8 Å². The van der Waals surface area contributed by atoms with E-state index < -0.39 is 0 Å². The third kappa shape index (κ3) is 3.51. The fourth-order valence-corrected chi connectivity index (χ4v) is 1.33. The molecule has 0 bridgehead atoms. The number of oxime groups is 1. The van der Waals surface area contributed by atoms with Crippen LogP contribution in [0.1, 0.15) is 25.5 Å². The second-order valence-corrected chi connectivity index (χ2v) is 3.84. The lowest BCUT2D eigenvalue weighted by atomic mass is 10.1. The van der Waals surface area contributed by atoms with Gasteiger partial charge in [0.2, 0.25) is 0 Å². The summed E-state index contributed by atoms with van der Waals surface area (Å²) < 4.78 is 0. The van der Waals surface area contributed by atoms with Crippen LogP contribution in [-0.2, 0) is 0 Å². The molecule has 0 aliphatic carbocycles. The van der Waals surface area contributed by atoms with Gasteiger partial charge in [0.25, 0.3) is 0 Å². The van der Waals surface area contributed by atoms with Gasteiger partial charge in [-0.2, -0.15) is 0 Å². The van der Waals surface area contributed by atoms with Crippen molar-refractivity contribution in [3.05, 3.63) is 30.1 Å². The van der Waals surface area contributed by atoms with Crippen molar-refractivity contribution in [2.24, 2.45) is 16.8 Å². The van der Waals surface area contributed by atoms with Crippen molar-refractivity contribution < 1.29 is 5.21 Å². The van der Waals surface area contributed by atoms with Crippen LogP contribution in [0.4, 0.5) is 0 Å². The molecule has 16 heavy (non-hydrogen) atoms. The molecule has 1 heterocycles. The van der Waals surface area contributed by atoms with Crippen molar-refractivity contribution in [1.29, 1.82) is 0 Å². The Morgan fingerprint density at radius 1 is 1.50 bits per heavy atom. The molecule has 0 fully saturated rings. The molecule has 1 rings (SSSR count). The number of nitrogens with zero attached hydrogens (tertiary/aromatic N) is 2. The summed E-state index contributed by atoms with van der Waals surface area (Å²) in [6.45, 7) is 4.63. The molecule has 2 atom stereocenters. The maximum atomic E-state index is 8.51. The van der Waals surface area contributed by atoms with Gasteiger partial charge in [-0.1, -0.05) is 12.1 Å². The van der Waals surface area contributed by atoms with Gasteiger partial charge in [0.05, 0.1) is 0 Å². The van der Waals surface area contributed by atoms with Crippen LogP contribution in [0.3, 0.4) is 0 Å². The van der Waals surface area contributed by atoms with E-state index in [2.05, 4.69) is 22.4 Å². The predicted octanol–water partition coefficient (Wildman–Crippen LogP) is 1.11. The van der Waals surface area contributed by atoms with Crippen LogP contribution in [0.5, 0.6) is 0 Å². The molecule has 0 radical (unpaired) electrons. The maximum Gasteiger partial charge on any atom is 0.143 e. The molecule has 1 aromatic rings. The van der Waals surface area contributed by atoms with Gasteiger partial charge < -0.3 is 16.3 Å². The second-order valence-electron chi connectivity index (χ2n) is 3.84. The van der Waals surface area contributed by atoms with Crippen LogP contribution in [0.2, 0.25) is 0 Å². The van der Waals surface area contributed by atoms with Gasteiger partial charge >= 0.3 is 0 Å². The SMILES string of the molecule is CC(CNC(C)c1ccncc1)C(N)=NO. The minimum Gasteiger partial charge on any atom is -0.409 e. The van der Waals surface area contributed by atoms with Gasteiger partial charge in [-0.15, -0.1) is 0 Å². The lowest BCUT2D eigenvalue weighted by molar-refractivity contribution is 0.313. The van der Waals surface area contributed by atoms with Crippen LogP contribution in [0.25, 0.3) is 0 Å². The van der Waals surface area contributed by atoms with E-state index in [4.69, 9.17) is 10.9 Å². The van der Waals surface area contributed by atoms with Gasteiger partial charge in [0, 0.05) is 30.9 Å². The third-order valence-corrected chi connectivity index (χ3v) is 2.56. The highest BCUT2D eigenvalue weighted by atomic mass is 16.4. The van der Waals surface area contributed by atoms with Crippen molar-refractivity contribution in [2.75, 3.05) is 6.54 Å². The number of hydrogen-bond donors (Lipinski definition) is 3. The standard InChI is InChI=1S/C11H18N4O/c1-8(11(12)15-16)7-14-9(2)10-3-5-13-6-4-10/h3-6,8-9,14,16H,7H2,1-2H3,(H2,12,15). The summed E-state index contributed by atoms with van der Waals surface area (Å²) in [7, 11) is 0. The Kier molecular flexibility index (Phi) is 4.72. The Labute approximate surface area is 95.4 Å². The molecule has 0 saturated carbocycles. The first-order valence-electron chi connectivity index (χ1n) is 5.26. The van der Waals surface area contributed by atoms with E-state index in [1.807, 2.05) is 19.1 Å². The fraction of sp³-hybridized carbons (Fsp3) is 0.455.